The number of nitrogens with zero attached hydrogens (tertiary/aromatic N) is 2. The first kappa shape index (κ1) is 21.0. The van der Waals surface area contributed by atoms with Gasteiger partial charge in [0.25, 0.3) is 0 Å². The monoisotopic (exact) mass is 332 g/mol. The highest BCUT2D eigenvalue weighted by molar-refractivity contribution is 5.85. The molecule has 0 aromatic heterocycles. The quantitative estimate of drug-likeness (QED) is 0.275. The van der Waals surface area contributed by atoms with Crippen molar-refractivity contribution < 1.29 is 9.90 Å². The van der Waals surface area contributed by atoms with E-state index in [1.807, 2.05) is 12.1 Å². The van der Waals surface area contributed by atoms with Crippen LogP contribution < -0.4 is 17.2 Å². The van der Waals surface area contributed by atoms with Gasteiger partial charge in [-0.1, -0.05) is 12.1 Å². The molecule has 0 radical (unpaired) electrons. The molecule has 0 aliphatic rings. The molecule has 8 N–H and O–H groups in total. The molecule has 0 heterocycles. The van der Waals surface area contributed by atoms with Crippen molar-refractivity contribution in [2.75, 3.05) is 12.3 Å². The molecule has 1 unspecified atom stereocenters. The van der Waals surface area contributed by atoms with Crippen molar-refractivity contribution in [1.29, 1.82) is 5.41 Å². The lowest BCUT2D eigenvalue weighted by molar-refractivity contribution is -0.138. The summed E-state index contributed by atoms with van der Waals surface area (Å²) in [4.78, 5) is 19.1. The van der Waals surface area contributed by atoms with Crippen LogP contribution in [0.5, 0.6) is 0 Å². The van der Waals surface area contributed by atoms with Gasteiger partial charge in [-0.3, -0.25) is 15.4 Å². The topological polar surface area (TPSA) is 164 Å². The number of nitrogens with two attached hydrogens (primary N) is 3. The molecule has 0 saturated carbocycles. The molecule has 0 aliphatic carbocycles. The lowest BCUT2D eigenvalue weighted by atomic mass is 10.1. The highest BCUT2D eigenvalue weighted by Crippen LogP contribution is 2.19. The molecule has 1 atom stereocenters. The number of carbonyl (C=O) groups is 1. The summed E-state index contributed by atoms with van der Waals surface area (Å²) >= 11 is 0. The van der Waals surface area contributed by atoms with Crippen LogP contribution in [0, 0.1) is 5.41 Å². The van der Waals surface area contributed by atoms with E-state index >= 15 is 0 Å². The number of nitrogen functional groups attached to an aromatic ring is 1. The predicted octanol–water partition coefficient (Wildman–Crippen LogP) is 1.34. The van der Waals surface area contributed by atoms with Crippen molar-refractivity contribution in [3.8, 4) is 0 Å². The van der Waals surface area contributed by atoms with E-state index in [9.17, 15) is 4.79 Å². The number of para-hydroxylation sites is 2. The first-order valence-corrected chi connectivity index (χ1v) is 7.27. The Morgan fingerprint density at radius 2 is 1.92 bits per heavy atom. The van der Waals surface area contributed by atoms with Gasteiger partial charge in [-0.2, -0.15) is 0 Å². The SMILES string of the molecule is N=CN.NCCCC(N=C/C=C/C=Nc1ccccc1N)C(=O)O. The van der Waals surface area contributed by atoms with Gasteiger partial charge in [0.05, 0.1) is 17.7 Å². The average molecular weight is 332 g/mol. The second-order valence-electron chi connectivity index (χ2n) is 4.47. The summed E-state index contributed by atoms with van der Waals surface area (Å²) < 4.78 is 0. The van der Waals surface area contributed by atoms with Gasteiger partial charge in [0.15, 0.2) is 0 Å². The van der Waals surface area contributed by atoms with Crippen molar-refractivity contribution in [2.45, 2.75) is 18.9 Å². The predicted molar refractivity (Wildman–Crippen MR) is 99.3 cm³/mol. The van der Waals surface area contributed by atoms with Gasteiger partial charge in [0, 0.05) is 12.4 Å². The minimum absolute atomic E-state index is 0.435. The number of aliphatic imine (C=N–C) groups is 2. The first-order chi connectivity index (χ1) is 11.6. The minimum atomic E-state index is -0.946. The van der Waals surface area contributed by atoms with Crippen LogP contribution in [-0.4, -0.2) is 42.4 Å². The Labute approximate surface area is 141 Å². The van der Waals surface area contributed by atoms with E-state index in [2.05, 4.69) is 15.7 Å². The molecule has 1 rings (SSSR count). The fraction of sp³-hybridized carbons (Fsp3) is 0.250. The van der Waals surface area contributed by atoms with Crippen LogP contribution in [0.25, 0.3) is 0 Å². The van der Waals surface area contributed by atoms with Crippen LogP contribution in [0.15, 0.2) is 46.4 Å². The van der Waals surface area contributed by atoms with E-state index in [1.165, 1.54) is 6.21 Å². The Hall–Kier alpha value is -3.00. The number of anilines is 1. The maximum atomic E-state index is 10.9. The summed E-state index contributed by atoms with van der Waals surface area (Å²) in [5.41, 5.74) is 16.8. The highest BCUT2D eigenvalue weighted by Gasteiger charge is 2.13. The standard InChI is InChI=1S/C15H20N4O2.CH4N2/c16-9-5-8-14(15(20)21)19-11-4-3-10-18-13-7-2-1-6-12(13)17;2-1-3/h1-4,6-7,10-11,14H,5,8-9,16-17H2,(H,20,21);1H,(H3,2,3)/b4-3+,18-10?,19-11?;. The van der Waals surface area contributed by atoms with Crippen LogP contribution in [0.2, 0.25) is 0 Å². The van der Waals surface area contributed by atoms with Gasteiger partial charge in [0.1, 0.15) is 6.04 Å². The molecule has 130 valence electrons. The smallest absolute Gasteiger partial charge is 0.328 e. The third-order valence-corrected chi connectivity index (χ3v) is 2.67. The first-order valence-electron chi connectivity index (χ1n) is 7.27. The van der Waals surface area contributed by atoms with Crippen LogP contribution in [0.4, 0.5) is 11.4 Å². The molecule has 0 fully saturated rings. The lowest BCUT2D eigenvalue weighted by Crippen LogP contribution is -2.19. The molecule has 0 aliphatic heterocycles. The zero-order valence-electron chi connectivity index (χ0n) is 13.4. The number of rotatable bonds is 8. The number of carboxylic acids is 1. The zero-order valence-corrected chi connectivity index (χ0v) is 13.4. The fourth-order valence-corrected chi connectivity index (χ4v) is 1.55. The summed E-state index contributed by atoms with van der Waals surface area (Å²) in [5, 5.41) is 14.8. The third-order valence-electron chi connectivity index (χ3n) is 2.67. The highest BCUT2D eigenvalue weighted by atomic mass is 16.4. The van der Waals surface area contributed by atoms with Gasteiger partial charge in [-0.05, 0) is 43.7 Å². The van der Waals surface area contributed by atoms with Crippen LogP contribution in [0.1, 0.15) is 12.8 Å². The summed E-state index contributed by atoms with van der Waals surface area (Å²) in [6.07, 6.45) is 8.14. The zero-order chi connectivity index (χ0) is 18.2. The van der Waals surface area contributed by atoms with E-state index in [1.54, 1.807) is 30.5 Å². The maximum absolute atomic E-state index is 10.9. The van der Waals surface area contributed by atoms with E-state index in [0.717, 1.165) is 6.34 Å². The number of hydrogen-bond acceptors (Lipinski definition) is 6. The number of carboxylic acid groups (broad SMARTS) is 1. The van der Waals surface area contributed by atoms with Gasteiger partial charge in [-0.25, -0.2) is 4.79 Å². The van der Waals surface area contributed by atoms with Crippen molar-refractivity contribution >= 4 is 36.1 Å². The molecular weight excluding hydrogens is 308 g/mol. The summed E-state index contributed by atoms with van der Waals surface area (Å²) in [5.74, 6) is -0.946. The Morgan fingerprint density at radius 3 is 2.50 bits per heavy atom. The van der Waals surface area contributed by atoms with Gasteiger partial charge in [0.2, 0.25) is 0 Å². The molecule has 0 bridgehead atoms. The van der Waals surface area contributed by atoms with E-state index in [0.29, 0.717) is 30.8 Å². The number of benzene rings is 1. The molecule has 1 aromatic carbocycles. The molecule has 8 nitrogen and oxygen atoms in total. The second-order valence-corrected chi connectivity index (χ2v) is 4.47. The van der Waals surface area contributed by atoms with Crippen molar-refractivity contribution in [3.63, 3.8) is 0 Å². The lowest BCUT2D eigenvalue weighted by Gasteiger charge is -2.04. The number of aliphatic carboxylic acids is 1. The Balaban J connectivity index is 0.00000163. The molecule has 24 heavy (non-hydrogen) atoms. The fourth-order valence-electron chi connectivity index (χ4n) is 1.55. The normalized spacial score (nSPS) is 12.2. The molecule has 8 heteroatoms. The Kier molecular flexibility index (Phi) is 11.9. The van der Waals surface area contributed by atoms with Crippen LogP contribution >= 0.6 is 0 Å². The summed E-state index contributed by atoms with van der Waals surface area (Å²) in [7, 11) is 0. The van der Waals surface area contributed by atoms with E-state index in [4.69, 9.17) is 22.0 Å². The molecule has 0 saturated heterocycles. The van der Waals surface area contributed by atoms with Gasteiger partial charge >= 0.3 is 5.97 Å². The van der Waals surface area contributed by atoms with Gasteiger partial charge < -0.3 is 22.3 Å². The summed E-state index contributed by atoms with van der Waals surface area (Å²) in [6, 6.07) is 6.51. The Bertz CT molecular complexity index is 584. The van der Waals surface area contributed by atoms with Crippen molar-refractivity contribution in [1.82, 2.24) is 0 Å². The summed E-state index contributed by atoms with van der Waals surface area (Å²) in [6.45, 7) is 0.459. The van der Waals surface area contributed by atoms with Gasteiger partial charge in [-0.15, -0.1) is 0 Å². The van der Waals surface area contributed by atoms with Crippen LogP contribution in [-0.2, 0) is 4.79 Å². The molecular formula is C16H24N6O2. The molecule has 0 amide bonds. The maximum Gasteiger partial charge on any atom is 0.328 e. The average Bonchev–Trinajstić information content (AvgIpc) is 2.55. The number of allylic oxidation sites excluding steroid dienone is 2. The van der Waals surface area contributed by atoms with Crippen LogP contribution in [0.3, 0.4) is 0 Å². The van der Waals surface area contributed by atoms with Crippen molar-refractivity contribution in [3.05, 3.63) is 36.4 Å². The number of nitrogens with one attached hydrogen (secondary N) is 1. The second kappa shape index (κ2) is 13.6. The van der Waals surface area contributed by atoms with E-state index < -0.39 is 12.0 Å². The van der Waals surface area contributed by atoms with Crippen molar-refractivity contribution in [2.24, 2.45) is 21.5 Å². The molecule has 1 aromatic rings. The van der Waals surface area contributed by atoms with E-state index in [-0.39, 0.29) is 0 Å². The molecule has 0 spiro atoms. The minimum Gasteiger partial charge on any atom is -0.480 e. The largest absolute Gasteiger partial charge is 0.480 e. The Morgan fingerprint density at radius 1 is 1.29 bits per heavy atom. The third kappa shape index (κ3) is 9.85. The number of hydrogen-bond donors (Lipinski definition) is 5.